The molecular formula is C30H44N6O5. The third-order valence-electron chi connectivity index (χ3n) is 9.17. The van der Waals surface area contributed by atoms with Crippen molar-refractivity contribution in [3.63, 3.8) is 0 Å². The van der Waals surface area contributed by atoms with E-state index in [1.807, 2.05) is 45.0 Å². The molecule has 3 saturated heterocycles. The molecule has 5 rings (SSSR count). The Balaban J connectivity index is 1.19. The Bertz CT molecular complexity index is 1240. The van der Waals surface area contributed by atoms with Gasteiger partial charge in [0.2, 0.25) is 0 Å². The number of methoxy groups -OCH3 is 1. The second-order valence-corrected chi connectivity index (χ2v) is 12.9. The number of aromatic nitrogens is 2. The minimum atomic E-state index is -0.460. The molecule has 0 radical (unpaired) electrons. The van der Waals surface area contributed by atoms with Crippen molar-refractivity contribution in [1.82, 2.24) is 19.6 Å². The number of nitrogens with zero attached hydrogens (tertiary/aromatic N) is 6. The third-order valence-corrected chi connectivity index (χ3v) is 9.17. The standard InChI is InChI=1S/C30H44N6O5/c1-29(2,3)41-28(37)35-16-10-30(11-17-35)8-14-33(15-9-30)23-6-12-34(13-7-23)25-19-27(40-5)26(36(38)39)18-24(25)22-20-31-32(4)21-22/h18-21,23H,6-17H2,1-5H3. The maximum atomic E-state index is 12.5. The number of nitro groups is 1. The molecule has 1 spiro atoms. The molecule has 1 aromatic heterocycles. The van der Waals surface area contributed by atoms with Gasteiger partial charge in [-0.15, -0.1) is 0 Å². The van der Waals surface area contributed by atoms with Crippen molar-refractivity contribution >= 4 is 17.5 Å². The lowest BCUT2D eigenvalue weighted by Gasteiger charge is -2.49. The van der Waals surface area contributed by atoms with Gasteiger partial charge in [0.25, 0.3) is 0 Å². The Morgan fingerprint density at radius 2 is 1.68 bits per heavy atom. The van der Waals surface area contributed by atoms with Crippen molar-refractivity contribution in [2.24, 2.45) is 12.5 Å². The molecule has 4 heterocycles. The normalized spacial score (nSPS) is 20.3. The van der Waals surface area contributed by atoms with Crippen LogP contribution in [0.15, 0.2) is 24.5 Å². The van der Waals surface area contributed by atoms with E-state index in [1.54, 1.807) is 16.9 Å². The zero-order chi connectivity index (χ0) is 29.4. The summed E-state index contributed by atoms with van der Waals surface area (Å²) in [6, 6.07) is 3.97. The van der Waals surface area contributed by atoms with Crippen LogP contribution in [0.25, 0.3) is 11.1 Å². The summed E-state index contributed by atoms with van der Waals surface area (Å²) in [5.41, 5.74) is 2.45. The van der Waals surface area contributed by atoms with E-state index in [0.29, 0.717) is 11.5 Å². The number of likely N-dealkylation sites (tertiary alicyclic amines) is 2. The molecule has 11 nitrogen and oxygen atoms in total. The van der Waals surface area contributed by atoms with Crippen LogP contribution in [-0.2, 0) is 11.8 Å². The van der Waals surface area contributed by atoms with Crippen LogP contribution in [-0.4, -0.2) is 88.6 Å². The van der Waals surface area contributed by atoms with Gasteiger partial charge < -0.3 is 24.2 Å². The van der Waals surface area contributed by atoms with Crippen molar-refractivity contribution < 1.29 is 19.2 Å². The predicted octanol–water partition coefficient (Wildman–Crippen LogP) is 5.09. The number of ether oxygens (including phenoxy) is 2. The first-order valence-corrected chi connectivity index (χ1v) is 14.8. The fourth-order valence-corrected chi connectivity index (χ4v) is 6.74. The van der Waals surface area contributed by atoms with Crippen LogP contribution in [0.3, 0.4) is 0 Å². The van der Waals surface area contributed by atoms with Crippen molar-refractivity contribution in [2.45, 2.75) is 70.9 Å². The van der Waals surface area contributed by atoms with Gasteiger partial charge in [-0.3, -0.25) is 14.8 Å². The number of benzene rings is 1. The second kappa shape index (κ2) is 11.5. The van der Waals surface area contributed by atoms with Crippen molar-refractivity contribution in [3.8, 4) is 16.9 Å². The molecule has 3 fully saturated rings. The van der Waals surface area contributed by atoms with E-state index in [0.717, 1.165) is 81.8 Å². The van der Waals surface area contributed by atoms with Crippen molar-refractivity contribution in [3.05, 3.63) is 34.6 Å². The summed E-state index contributed by atoms with van der Waals surface area (Å²) in [6.45, 7) is 11.3. The van der Waals surface area contributed by atoms with E-state index >= 15 is 0 Å². The molecule has 1 amide bonds. The summed E-state index contributed by atoms with van der Waals surface area (Å²) in [5.74, 6) is 0.277. The minimum absolute atomic E-state index is 0.0378. The second-order valence-electron chi connectivity index (χ2n) is 12.9. The van der Waals surface area contributed by atoms with E-state index in [4.69, 9.17) is 9.47 Å². The maximum absolute atomic E-state index is 12.5. The van der Waals surface area contributed by atoms with Crippen LogP contribution >= 0.6 is 0 Å². The first-order valence-electron chi connectivity index (χ1n) is 14.8. The summed E-state index contributed by atoms with van der Waals surface area (Å²) < 4.78 is 12.7. The number of anilines is 1. The number of carbonyl (C=O) groups is 1. The van der Waals surface area contributed by atoms with E-state index < -0.39 is 5.60 Å². The molecule has 3 aliphatic rings. The molecule has 41 heavy (non-hydrogen) atoms. The maximum Gasteiger partial charge on any atom is 0.410 e. The van der Waals surface area contributed by atoms with Crippen LogP contribution in [0.2, 0.25) is 0 Å². The quantitative estimate of drug-likeness (QED) is 0.363. The SMILES string of the molecule is COc1cc(N2CCC(N3CCC4(CCN(C(=O)OC(C)(C)C)CC4)CC3)CC2)c(-c2cnn(C)c2)cc1[N+](=O)[O-]. The third kappa shape index (κ3) is 6.45. The average molecular weight is 569 g/mol. The number of piperidine rings is 3. The monoisotopic (exact) mass is 568 g/mol. The molecule has 0 aliphatic carbocycles. The van der Waals surface area contributed by atoms with E-state index in [9.17, 15) is 14.9 Å². The summed E-state index contributed by atoms with van der Waals surface area (Å²) in [6.07, 6.45) is 10.0. The predicted molar refractivity (Wildman–Crippen MR) is 157 cm³/mol. The number of aryl methyl sites for hydroxylation is 1. The van der Waals surface area contributed by atoms with E-state index in [1.165, 1.54) is 20.0 Å². The highest BCUT2D eigenvalue weighted by molar-refractivity contribution is 5.82. The van der Waals surface area contributed by atoms with Crippen LogP contribution < -0.4 is 9.64 Å². The van der Waals surface area contributed by atoms with Crippen LogP contribution in [0.5, 0.6) is 5.75 Å². The number of carbonyl (C=O) groups excluding carboxylic acids is 1. The highest BCUT2D eigenvalue weighted by atomic mass is 16.6. The molecule has 3 aliphatic heterocycles. The van der Waals surface area contributed by atoms with Gasteiger partial charge in [0.05, 0.1) is 18.2 Å². The fourth-order valence-electron chi connectivity index (χ4n) is 6.74. The van der Waals surface area contributed by atoms with Gasteiger partial charge in [-0.1, -0.05) is 0 Å². The Kier molecular flexibility index (Phi) is 8.18. The molecule has 0 bridgehead atoms. The van der Waals surface area contributed by atoms with Gasteiger partial charge in [-0.25, -0.2) is 4.79 Å². The molecule has 0 N–H and O–H groups in total. The molecule has 11 heteroatoms. The number of nitro benzene ring substituents is 1. The molecular weight excluding hydrogens is 524 g/mol. The molecule has 0 saturated carbocycles. The lowest BCUT2D eigenvalue weighted by Crippen LogP contribution is -2.52. The topological polar surface area (TPSA) is 106 Å². The lowest BCUT2D eigenvalue weighted by atomic mass is 9.71. The Morgan fingerprint density at radius 3 is 2.22 bits per heavy atom. The lowest BCUT2D eigenvalue weighted by molar-refractivity contribution is -0.385. The molecule has 1 aromatic carbocycles. The fraction of sp³-hybridized carbons (Fsp3) is 0.667. The van der Waals surface area contributed by atoms with Crippen LogP contribution in [0, 0.1) is 15.5 Å². The highest BCUT2D eigenvalue weighted by Gasteiger charge is 2.41. The number of rotatable bonds is 5. The van der Waals surface area contributed by atoms with Gasteiger partial charge in [-0.05, 0) is 77.8 Å². The Labute approximate surface area is 242 Å². The first-order chi connectivity index (χ1) is 19.5. The molecule has 0 unspecified atom stereocenters. The molecule has 0 atom stereocenters. The van der Waals surface area contributed by atoms with Gasteiger partial charge in [-0.2, -0.15) is 5.10 Å². The van der Waals surface area contributed by atoms with Crippen LogP contribution in [0.4, 0.5) is 16.2 Å². The minimum Gasteiger partial charge on any atom is -0.490 e. The Morgan fingerprint density at radius 1 is 1.05 bits per heavy atom. The largest absolute Gasteiger partial charge is 0.490 e. The first kappa shape index (κ1) is 29.2. The summed E-state index contributed by atoms with van der Waals surface area (Å²) in [5, 5.41) is 16.0. The van der Waals surface area contributed by atoms with Crippen molar-refractivity contribution in [1.29, 1.82) is 0 Å². The number of amides is 1. The number of hydrogen-bond acceptors (Lipinski definition) is 8. The van der Waals surface area contributed by atoms with Gasteiger partial charge in [0.1, 0.15) is 5.60 Å². The van der Waals surface area contributed by atoms with E-state index in [-0.39, 0.29) is 22.5 Å². The van der Waals surface area contributed by atoms with Gasteiger partial charge in [0.15, 0.2) is 5.75 Å². The molecule has 2 aromatic rings. The highest BCUT2D eigenvalue weighted by Crippen LogP contribution is 2.44. The average Bonchev–Trinajstić information content (AvgIpc) is 3.38. The Hall–Kier alpha value is -3.34. The summed E-state index contributed by atoms with van der Waals surface area (Å²) in [7, 11) is 3.33. The van der Waals surface area contributed by atoms with E-state index in [2.05, 4.69) is 14.9 Å². The van der Waals surface area contributed by atoms with Gasteiger partial charge >= 0.3 is 11.8 Å². The zero-order valence-electron chi connectivity index (χ0n) is 25.1. The van der Waals surface area contributed by atoms with Crippen molar-refractivity contribution in [2.75, 3.05) is 51.3 Å². The summed E-state index contributed by atoms with van der Waals surface area (Å²) in [4.78, 5) is 30.7. The van der Waals surface area contributed by atoms with Crippen LogP contribution in [0.1, 0.15) is 59.3 Å². The zero-order valence-corrected chi connectivity index (χ0v) is 25.1. The summed E-state index contributed by atoms with van der Waals surface area (Å²) >= 11 is 0. The molecule has 224 valence electrons. The number of hydrogen-bond donors (Lipinski definition) is 0. The van der Waals surface area contributed by atoms with Gasteiger partial charge in [0, 0.05) is 74.4 Å². The smallest absolute Gasteiger partial charge is 0.410 e.